The minimum Gasteiger partial charge on any atom is -0.352 e. The highest BCUT2D eigenvalue weighted by Gasteiger charge is 2.13. The first-order valence-electron chi connectivity index (χ1n) is 4.63. The zero-order chi connectivity index (χ0) is 10.6. The lowest BCUT2D eigenvalue weighted by Crippen LogP contribution is -2.22. The predicted octanol–water partition coefficient (Wildman–Crippen LogP) is 0.702. The Morgan fingerprint density at radius 3 is 2.93 bits per heavy atom. The van der Waals surface area contributed by atoms with Crippen LogP contribution in [-0.2, 0) is 6.42 Å². The first-order chi connectivity index (χ1) is 6.69. The Balaban J connectivity index is 2.81. The number of nitrogens with zero attached hydrogens (tertiary/aromatic N) is 1. The molecule has 4 nitrogen and oxygen atoms in total. The summed E-state index contributed by atoms with van der Waals surface area (Å²) in [5, 5.41) is 3.69. The molecule has 14 heavy (non-hydrogen) atoms. The van der Waals surface area contributed by atoms with E-state index in [1.807, 2.05) is 13.8 Å². The number of rotatable bonds is 4. The molecule has 0 fully saturated rings. The molecule has 0 spiro atoms. The van der Waals surface area contributed by atoms with Gasteiger partial charge in [-0.1, -0.05) is 0 Å². The smallest absolute Gasteiger partial charge is 0.263 e. The number of nitrogens with two attached hydrogens (primary N) is 1. The zero-order valence-electron chi connectivity index (χ0n) is 8.46. The molecule has 1 aromatic rings. The normalized spacial score (nSPS) is 10.2. The van der Waals surface area contributed by atoms with Gasteiger partial charge in [-0.25, -0.2) is 4.98 Å². The van der Waals surface area contributed by atoms with E-state index in [4.69, 9.17) is 5.73 Å². The van der Waals surface area contributed by atoms with Crippen LogP contribution in [0.15, 0.2) is 0 Å². The van der Waals surface area contributed by atoms with Gasteiger partial charge in [-0.2, -0.15) is 0 Å². The third-order valence-electron chi connectivity index (χ3n) is 1.74. The summed E-state index contributed by atoms with van der Waals surface area (Å²) in [6.07, 6.45) is 0.741. The Morgan fingerprint density at radius 2 is 2.36 bits per heavy atom. The Morgan fingerprint density at radius 1 is 1.64 bits per heavy atom. The molecule has 0 aliphatic rings. The van der Waals surface area contributed by atoms with Crippen LogP contribution in [0.1, 0.15) is 27.3 Å². The number of nitrogens with one attached hydrogen (secondary N) is 1. The van der Waals surface area contributed by atoms with Crippen molar-refractivity contribution in [1.82, 2.24) is 10.3 Å². The number of carbonyl (C=O) groups excluding carboxylic acids is 1. The van der Waals surface area contributed by atoms with Crippen LogP contribution in [0.5, 0.6) is 0 Å². The maximum atomic E-state index is 11.5. The van der Waals surface area contributed by atoms with Crippen molar-refractivity contribution in [1.29, 1.82) is 0 Å². The summed E-state index contributed by atoms with van der Waals surface area (Å²) in [5.41, 5.74) is 6.22. The summed E-state index contributed by atoms with van der Waals surface area (Å²) >= 11 is 1.43. The number of hydrogen-bond donors (Lipinski definition) is 2. The van der Waals surface area contributed by atoms with Crippen molar-refractivity contribution in [3.63, 3.8) is 0 Å². The van der Waals surface area contributed by atoms with E-state index < -0.39 is 0 Å². The second-order valence-electron chi connectivity index (χ2n) is 2.92. The van der Waals surface area contributed by atoms with E-state index in [0.717, 1.165) is 17.1 Å². The lowest BCUT2D eigenvalue weighted by molar-refractivity contribution is 0.0959. The Bertz CT molecular complexity index is 322. The summed E-state index contributed by atoms with van der Waals surface area (Å²) < 4.78 is 0. The molecule has 0 atom stereocenters. The van der Waals surface area contributed by atoms with Gasteiger partial charge in [0.1, 0.15) is 4.88 Å². The first-order valence-corrected chi connectivity index (χ1v) is 5.45. The zero-order valence-corrected chi connectivity index (χ0v) is 9.28. The Labute approximate surface area is 87.5 Å². The molecule has 1 rings (SSSR count). The van der Waals surface area contributed by atoms with Crippen molar-refractivity contribution in [3.8, 4) is 0 Å². The molecule has 3 N–H and O–H groups in total. The highest BCUT2D eigenvalue weighted by atomic mass is 32.1. The monoisotopic (exact) mass is 213 g/mol. The molecular formula is C9H15N3OS. The Hall–Kier alpha value is -0.940. The van der Waals surface area contributed by atoms with E-state index >= 15 is 0 Å². The minimum atomic E-state index is -0.0363. The van der Waals surface area contributed by atoms with Crippen LogP contribution in [0.3, 0.4) is 0 Å². The van der Waals surface area contributed by atoms with Gasteiger partial charge in [-0.15, -0.1) is 11.3 Å². The number of amides is 1. The van der Waals surface area contributed by atoms with Gasteiger partial charge in [0.2, 0.25) is 0 Å². The van der Waals surface area contributed by atoms with Crippen LogP contribution in [0, 0.1) is 6.92 Å². The van der Waals surface area contributed by atoms with Crippen LogP contribution in [0.2, 0.25) is 0 Å². The third-order valence-corrected chi connectivity index (χ3v) is 2.96. The molecule has 0 unspecified atom stereocenters. The molecule has 0 saturated carbocycles. The van der Waals surface area contributed by atoms with E-state index in [9.17, 15) is 4.79 Å². The summed E-state index contributed by atoms with van der Waals surface area (Å²) in [4.78, 5) is 16.5. The second kappa shape index (κ2) is 5.07. The molecule has 0 bridgehead atoms. The van der Waals surface area contributed by atoms with Crippen molar-refractivity contribution in [2.75, 3.05) is 13.1 Å². The average Bonchev–Trinajstić information content (AvgIpc) is 2.48. The molecule has 0 radical (unpaired) electrons. The highest BCUT2D eigenvalue weighted by molar-refractivity contribution is 7.13. The molecule has 0 aromatic carbocycles. The molecule has 0 saturated heterocycles. The largest absolute Gasteiger partial charge is 0.352 e. The van der Waals surface area contributed by atoms with Gasteiger partial charge in [-0.05, 0) is 20.4 Å². The fourth-order valence-corrected chi connectivity index (χ4v) is 2.13. The third kappa shape index (κ3) is 2.52. The number of aromatic nitrogens is 1. The second-order valence-corrected chi connectivity index (χ2v) is 4.00. The van der Waals surface area contributed by atoms with Gasteiger partial charge in [0.15, 0.2) is 0 Å². The topological polar surface area (TPSA) is 68.0 Å². The quantitative estimate of drug-likeness (QED) is 0.773. The van der Waals surface area contributed by atoms with E-state index in [1.165, 1.54) is 11.3 Å². The standard InChI is InChI=1S/C9H15N3OS/c1-3-11-9(13)8-6(2)12-7(14-8)4-5-10/h3-5,10H2,1-2H3,(H,11,13). The van der Waals surface area contributed by atoms with E-state index in [2.05, 4.69) is 10.3 Å². The lowest BCUT2D eigenvalue weighted by Gasteiger charge is -1.97. The molecular weight excluding hydrogens is 198 g/mol. The minimum absolute atomic E-state index is 0.0363. The molecule has 78 valence electrons. The van der Waals surface area contributed by atoms with E-state index in [-0.39, 0.29) is 5.91 Å². The summed E-state index contributed by atoms with van der Waals surface area (Å²) in [6, 6.07) is 0. The van der Waals surface area contributed by atoms with Crippen molar-refractivity contribution in [2.24, 2.45) is 5.73 Å². The highest BCUT2D eigenvalue weighted by Crippen LogP contribution is 2.17. The SMILES string of the molecule is CCNC(=O)c1sc(CCN)nc1C. The van der Waals surface area contributed by atoms with Crippen molar-refractivity contribution in [3.05, 3.63) is 15.6 Å². The number of thiazole rings is 1. The summed E-state index contributed by atoms with van der Waals surface area (Å²) in [7, 11) is 0. The van der Waals surface area contributed by atoms with Gasteiger partial charge >= 0.3 is 0 Å². The molecule has 1 amide bonds. The van der Waals surface area contributed by atoms with Crippen LogP contribution in [-0.4, -0.2) is 24.0 Å². The fraction of sp³-hybridized carbons (Fsp3) is 0.556. The van der Waals surface area contributed by atoms with Crippen LogP contribution in [0.25, 0.3) is 0 Å². The summed E-state index contributed by atoms with van der Waals surface area (Å²) in [5.74, 6) is -0.0363. The van der Waals surface area contributed by atoms with Gasteiger partial charge in [0, 0.05) is 13.0 Å². The van der Waals surface area contributed by atoms with Crippen LogP contribution < -0.4 is 11.1 Å². The van der Waals surface area contributed by atoms with Gasteiger partial charge in [0.25, 0.3) is 5.91 Å². The summed E-state index contributed by atoms with van der Waals surface area (Å²) in [6.45, 7) is 4.96. The van der Waals surface area contributed by atoms with Gasteiger partial charge < -0.3 is 11.1 Å². The number of aryl methyl sites for hydroxylation is 1. The predicted molar refractivity (Wildman–Crippen MR) is 57.6 cm³/mol. The van der Waals surface area contributed by atoms with Crippen molar-refractivity contribution < 1.29 is 4.79 Å². The van der Waals surface area contributed by atoms with Crippen molar-refractivity contribution >= 4 is 17.2 Å². The van der Waals surface area contributed by atoms with Crippen LogP contribution >= 0.6 is 11.3 Å². The molecule has 1 aromatic heterocycles. The molecule has 0 aliphatic heterocycles. The van der Waals surface area contributed by atoms with Gasteiger partial charge in [0.05, 0.1) is 10.7 Å². The molecule has 5 heteroatoms. The lowest BCUT2D eigenvalue weighted by atomic mass is 10.3. The Kier molecular flexibility index (Phi) is 4.03. The maximum absolute atomic E-state index is 11.5. The maximum Gasteiger partial charge on any atom is 0.263 e. The number of carbonyl (C=O) groups is 1. The van der Waals surface area contributed by atoms with E-state index in [1.54, 1.807) is 0 Å². The van der Waals surface area contributed by atoms with Gasteiger partial charge in [-0.3, -0.25) is 4.79 Å². The molecule has 1 heterocycles. The molecule has 0 aliphatic carbocycles. The fourth-order valence-electron chi connectivity index (χ4n) is 1.13. The first kappa shape index (κ1) is 11.1. The van der Waals surface area contributed by atoms with Crippen molar-refractivity contribution in [2.45, 2.75) is 20.3 Å². The van der Waals surface area contributed by atoms with Crippen LogP contribution in [0.4, 0.5) is 0 Å². The average molecular weight is 213 g/mol. The van der Waals surface area contributed by atoms with E-state index in [0.29, 0.717) is 18.0 Å². The number of hydrogen-bond acceptors (Lipinski definition) is 4.